The summed E-state index contributed by atoms with van der Waals surface area (Å²) in [6, 6.07) is 12.7. The van der Waals surface area contributed by atoms with Crippen LogP contribution in [0.2, 0.25) is 0 Å². The molecule has 0 aliphatic heterocycles. The minimum atomic E-state index is 0.335. The molecule has 104 valence electrons. The predicted octanol–water partition coefficient (Wildman–Crippen LogP) is 3.69. The molecule has 2 aromatic carbocycles. The first-order chi connectivity index (χ1) is 9.67. The highest BCUT2D eigenvalue weighted by Gasteiger charge is 2.23. The highest BCUT2D eigenvalue weighted by atomic mass is 16.5. The summed E-state index contributed by atoms with van der Waals surface area (Å²) in [5, 5.41) is 3.61. The van der Waals surface area contributed by atoms with Crippen LogP contribution in [0.1, 0.15) is 29.2 Å². The van der Waals surface area contributed by atoms with Gasteiger partial charge in [0, 0.05) is 5.69 Å². The van der Waals surface area contributed by atoms with Crippen molar-refractivity contribution in [1.29, 1.82) is 0 Å². The number of anilines is 2. The summed E-state index contributed by atoms with van der Waals surface area (Å²) in [7, 11) is 1.71. The Balaban J connectivity index is 1.89. The zero-order valence-electron chi connectivity index (χ0n) is 11.9. The van der Waals surface area contributed by atoms with E-state index in [9.17, 15) is 0 Å². The lowest BCUT2D eigenvalue weighted by atomic mass is 10.1. The minimum absolute atomic E-state index is 0.335. The summed E-state index contributed by atoms with van der Waals surface area (Å²) in [5.74, 6) is 0.888. The number of nitrogens with one attached hydrogen (secondary N) is 1. The van der Waals surface area contributed by atoms with Crippen molar-refractivity contribution >= 4 is 11.4 Å². The summed E-state index contributed by atoms with van der Waals surface area (Å²) >= 11 is 0. The van der Waals surface area contributed by atoms with Gasteiger partial charge in [0.15, 0.2) is 0 Å². The molecule has 1 atom stereocenters. The molecule has 0 aromatic heterocycles. The van der Waals surface area contributed by atoms with Crippen molar-refractivity contribution in [1.82, 2.24) is 0 Å². The zero-order chi connectivity index (χ0) is 14.1. The standard InChI is InChI=1S/C17H20N2O/c1-11-3-8-17(20-2)16(9-11)19-15-7-4-12-10-13(18)5-6-14(12)15/h3,5-6,8-10,15,19H,4,7,18H2,1-2H3. The summed E-state index contributed by atoms with van der Waals surface area (Å²) in [6.07, 6.45) is 2.17. The predicted molar refractivity (Wildman–Crippen MR) is 83.3 cm³/mol. The average Bonchev–Trinajstić information content (AvgIpc) is 2.81. The molecule has 2 aromatic rings. The van der Waals surface area contributed by atoms with E-state index in [0.717, 1.165) is 30.0 Å². The van der Waals surface area contributed by atoms with Crippen LogP contribution >= 0.6 is 0 Å². The van der Waals surface area contributed by atoms with Crippen LogP contribution in [-0.2, 0) is 6.42 Å². The van der Waals surface area contributed by atoms with E-state index in [1.807, 2.05) is 12.1 Å². The quantitative estimate of drug-likeness (QED) is 0.835. The van der Waals surface area contributed by atoms with Crippen molar-refractivity contribution in [2.24, 2.45) is 0 Å². The number of nitrogens with two attached hydrogens (primary N) is 1. The van der Waals surface area contributed by atoms with Crippen LogP contribution in [0.3, 0.4) is 0 Å². The second-order valence-corrected chi connectivity index (χ2v) is 5.40. The van der Waals surface area contributed by atoms with E-state index < -0.39 is 0 Å². The fourth-order valence-corrected chi connectivity index (χ4v) is 2.91. The SMILES string of the molecule is COc1ccc(C)cc1NC1CCc2cc(N)ccc21. The first kappa shape index (κ1) is 12.9. The molecule has 0 heterocycles. The molecule has 3 rings (SSSR count). The molecule has 1 aliphatic carbocycles. The molecule has 3 N–H and O–H groups in total. The van der Waals surface area contributed by atoms with E-state index in [2.05, 4.69) is 36.5 Å². The van der Waals surface area contributed by atoms with E-state index in [-0.39, 0.29) is 0 Å². The van der Waals surface area contributed by atoms with Gasteiger partial charge in [-0.05, 0) is 60.7 Å². The molecule has 0 bridgehead atoms. The van der Waals surface area contributed by atoms with E-state index in [0.29, 0.717) is 6.04 Å². The van der Waals surface area contributed by atoms with Gasteiger partial charge in [0.2, 0.25) is 0 Å². The van der Waals surface area contributed by atoms with E-state index in [4.69, 9.17) is 10.5 Å². The largest absolute Gasteiger partial charge is 0.495 e. The van der Waals surface area contributed by atoms with Gasteiger partial charge >= 0.3 is 0 Å². The highest BCUT2D eigenvalue weighted by Crippen LogP contribution is 2.37. The molecular formula is C17H20N2O. The van der Waals surface area contributed by atoms with Gasteiger partial charge in [0.05, 0.1) is 18.8 Å². The number of methoxy groups -OCH3 is 1. The maximum absolute atomic E-state index is 5.85. The van der Waals surface area contributed by atoms with Crippen LogP contribution in [-0.4, -0.2) is 7.11 Å². The Hall–Kier alpha value is -2.16. The highest BCUT2D eigenvalue weighted by molar-refractivity contribution is 5.60. The maximum Gasteiger partial charge on any atom is 0.141 e. The molecule has 1 unspecified atom stereocenters. The summed E-state index contributed by atoms with van der Waals surface area (Å²) in [5.41, 5.74) is 11.7. The lowest BCUT2D eigenvalue weighted by molar-refractivity contribution is 0.416. The molecule has 3 nitrogen and oxygen atoms in total. The van der Waals surface area contributed by atoms with Crippen molar-refractivity contribution < 1.29 is 4.74 Å². The molecule has 0 saturated heterocycles. The van der Waals surface area contributed by atoms with Gasteiger partial charge in [-0.3, -0.25) is 0 Å². The molecular weight excluding hydrogens is 248 g/mol. The molecule has 1 aliphatic rings. The number of fused-ring (bicyclic) bond motifs is 1. The molecule has 0 amide bonds. The van der Waals surface area contributed by atoms with Gasteiger partial charge in [-0.2, -0.15) is 0 Å². The Labute approximate surface area is 119 Å². The number of ether oxygens (including phenoxy) is 1. The van der Waals surface area contributed by atoms with E-state index in [1.165, 1.54) is 16.7 Å². The Morgan fingerprint density at radius 1 is 1.20 bits per heavy atom. The number of benzene rings is 2. The van der Waals surface area contributed by atoms with Crippen LogP contribution in [0.4, 0.5) is 11.4 Å². The third-order valence-corrected chi connectivity index (χ3v) is 3.93. The Morgan fingerprint density at radius 2 is 2.05 bits per heavy atom. The minimum Gasteiger partial charge on any atom is -0.495 e. The van der Waals surface area contributed by atoms with Crippen LogP contribution in [0.5, 0.6) is 5.75 Å². The molecule has 20 heavy (non-hydrogen) atoms. The second kappa shape index (κ2) is 5.08. The second-order valence-electron chi connectivity index (χ2n) is 5.40. The smallest absolute Gasteiger partial charge is 0.141 e. The molecule has 0 radical (unpaired) electrons. The van der Waals surface area contributed by atoms with Gasteiger partial charge in [-0.15, -0.1) is 0 Å². The summed E-state index contributed by atoms with van der Waals surface area (Å²) < 4.78 is 5.44. The van der Waals surface area contributed by atoms with Crippen LogP contribution in [0.15, 0.2) is 36.4 Å². The lowest BCUT2D eigenvalue weighted by Gasteiger charge is -2.18. The first-order valence-electron chi connectivity index (χ1n) is 6.97. The first-order valence-corrected chi connectivity index (χ1v) is 6.97. The molecule has 3 heteroatoms. The Bertz CT molecular complexity index is 637. The van der Waals surface area contributed by atoms with Gasteiger partial charge in [-0.1, -0.05) is 12.1 Å². The fraction of sp³-hybridized carbons (Fsp3) is 0.294. The van der Waals surface area contributed by atoms with Gasteiger partial charge < -0.3 is 15.8 Å². The van der Waals surface area contributed by atoms with Crippen molar-refractivity contribution in [3.05, 3.63) is 53.1 Å². The number of hydrogen-bond donors (Lipinski definition) is 2. The summed E-state index contributed by atoms with van der Waals surface area (Å²) in [4.78, 5) is 0. The maximum atomic E-state index is 5.85. The Morgan fingerprint density at radius 3 is 2.85 bits per heavy atom. The normalized spacial score (nSPS) is 16.8. The monoisotopic (exact) mass is 268 g/mol. The van der Waals surface area contributed by atoms with Gasteiger partial charge in [0.25, 0.3) is 0 Å². The number of hydrogen-bond acceptors (Lipinski definition) is 3. The van der Waals surface area contributed by atoms with Crippen LogP contribution < -0.4 is 15.8 Å². The van der Waals surface area contributed by atoms with Crippen LogP contribution in [0.25, 0.3) is 0 Å². The summed E-state index contributed by atoms with van der Waals surface area (Å²) in [6.45, 7) is 2.09. The number of rotatable bonds is 3. The molecule has 0 fully saturated rings. The number of aryl methyl sites for hydroxylation is 2. The van der Waals surface area contributed by atoms with Crippen molar-refractivity contribution in [2.45, 2.75) is 25.8 Å². The number of nitrogen functional groups attached to an aromatic ring is 1. The molecule has 0 saturated carbocycles. The van der Waals surface area contributed by atoms with E-state index >= 15 is 0 Å². The third kappa shape index (κ3) is 2.31. The van der Waals surface area contributed by atoms with Crippen molar-refractivity contribution in [3.8, 4) is 5.75 Å². The van der Waals surface area contributed by atoms with Crippen molar-refractivity contribution in [2.75, 3.05) is 18.2 Å². The lowest BCUT2D eigenvalue weighted by Crippen LogP contribution is -2.08. The fourth-order valence-electron chi connectivity index (χ4n) is 2.91. The van der Waals surface area contributed by atoms with Gasteiger partial charge in [-0.25, -0.2) is 0 Å². The molecule has 0 spiro atoms. The Kier molecular flexibility index (Phi) is 3.26. The third-order valence-electron chi connectivity index (χ3n) is 3.93. The average molecular weight is 268 g/mol. The van der Waals surface area contributed by atoms with E-state index in [1.54, 1.807) is 7.11 Å². The van der Waals surface area contributed by atoms with Crippen molar-refractivity contribution in [3.63, 3.8) is 0 Å². The van der Waals surface area contributed by atoms with Crippen LogP contribution in [0, 0.1) is 6.92 Å². The zero-order valence-corrected chi connectivity index (χ0v) is 11.9. The van der Waals surface area contributed by atoms with Gasteiger partial charge in [0.1, 0.15) is 5.75 Å². The topological polar surface area (TPSA) is 47.3 Å².